The minimum atomic E-state index is 0.0895. The van der Waals surface area contributed by atoms with Crippen molar-refractivity contribution in [2.45, 2.75) is 43.8 Å². The summed E-state index contributed by atoms with van der Waals surface area (Å²) < 4.78 is 2.95. The predicted octanol–water partition coefficient (Wildman–Crippen LogP) is 6.69. The Kier molecular flexibility index (Phi) is 5.58. The van der Waals surface area contributed by atoms with Crippen molar-refractivity contribution in [2.75, 3.05) is 5.75 Å². The molecular formula is C21H22ClN3OS3. The van der Waals surface area contributed by atoms with Gasteiger partial charge in [0.1, 0.15) is 0 Å². The van der Waals surface area contributed by atoms with Crippen molar-refractivity contribution in [3.05, 3.63) is 38.9 Å². The molecule has 0 saturated heterocycles. The molecule has 2 aliphatic carbocycles. The van der Waals surface area contributed by atoms with Crippen LogP contribution in [0.4, 0.5) is 0 Å². The van der Waals surface area contributed by atoms with Gasteiger partial charge in [0.25, 0.3) is 0 Å². The minimum absolute atomic E-state index is 0.0895. The van der Waals surface area contributed by atoms with Crippen molar-refractivity contribution < 1.29 is 4.79 Å². The second-order valence-corrected chi connectivity index (χ2v) is 11.7. The van der Waals surface area contributed by atoms with E-state index in [9.17, 15) is 4.79 Å². The number of carbonyl (C=O) groups excluding carboxylic acids is 1. The van der Waals surface area contributed by atoms with Gasteiger partial charge in [-0.2, -0.15) is 0 Å². The van der Waals surface area contributed by atoms with Gasteiger partial charge in [-0.05, 0) is 67.5 Å². The SMILES string of the molecule is C[C@@H]([C@@H]1C[C@H]2CC[C@H]1C2)n1c(SCC(=O)c2ccc(Cl)s2)nnc1-c1cccs1. The van der Waals surface area contributed by atoms with E-state index in [1.54, 1.807) is 23.5 Å². The van der Waals surface area contributed by atoms with E-state index >= 15 is 0 Å². The number of fused-ring (bicyclic) bond motifs is 2. The van der Waals surface area contributed by atoms with Crippen molar-refractivity contribution in [2.24, 2.45) is 17.8 Å². The summed E-state index contributed by atoms with van der Waals surface area (Å²) in [6.07, 6.45) is 5.44. The van der Waals surface area contributed by atoms with Crippen molar-refractivity contribution >= 4 is 51.8 Å². The molecule has 5 rings (SSSR count). The first kappa shape index (κ1) is 19.8. The van der Waals surface area contributed by atoms with Gasteiger partial charge in [-0.15, -0.1) is 32.9 Å². The van der Waals surface area contributed by atoms with Gasteiger partial charge in [-0.1, -0.05) is 35.9 Å². The molecule has 2 fully saturated rings. The highest BCUT2D eigenvalue weighted by atomic mass is 35.5. The van der Waals surface area contributed by atoms with Crippen molar-refractivity contribution in [3.63, 3.8) is 0 Å². The number of halogens is 1. The summed E-state index contributed by atoms with van der Waals surface area (Å²) in [5.41, 5.74) is 0. The summed E-state index contributed by atoms with van der Waals surface area (Å²) in [5, 5.41) is 12.0. The Bertz CT molecular complexity index is 1010. The van der Waals surface area contributed by atoms with E-state index in [0.717, 1.165) is 27.7 Å². The Morgan fingerprint density at radius 3 is 2.86 bits per heavy atom. The summed E-state index contributed by atoms with van der Waals surface area (Å²) in [6, 6.07) is 8.07. The van der Waals surface area contributed by atoms with Crippen LogP contribution in [0.1, 0.15) is 48.3 Å². The third-order valence-electron chi connectivity index (χ3n) is 6.41. The molecule has 2 aliphatic rings. The van der Waals surface area contributed by atoms with E-state index in [0.29, 0.717) is 26.9 Å². The zero-order valence-electron chi connectivity index (χ0n) is 16.1. The van der Waals surface area contributed by atoms with Gasteiger partial charge >= 0.3 is 0 Å². The lowest BCUT2D eigenvalue weighted by atomic mass is 9.84. The van der Waals surface area contributed by atoms with Crippen LogP contribution in [0.2, 0.25) is 4.34 Å². The van der Waals surface area contributed by atoms with E-state index in [-0.39, 0.29) is 5.78 Å². The molecule has 29 heavy (non-hydrogen) atoms. The van der Waals surface area contributed by atoms with Crippen LogP contribution in [0, 0.1) is 17.8 Å². The van der Waals surface area contributed by atoms with Gasteiger partial charge in [0, 0.05) is 6.04 Å². The zero-order valence-corrected chi connectivity index (χ0v) is 19.3. The number of aromatic nitrogens is 3. The van der Waals surface area contributed by atoms with Gasteiger partial charge in [-0.25, -0.2) is 0 Å². The molecule has 0 aromatic carbocycles. The third-order valence-corrected chi connectivity index (χ3v) is 9.49. The molecule has 0 unspecified atom stereocenters. The quantitative estimate of drug-likeness (QED) is 0.289. The molecule has 2 saturated carbocycles. The molecule has 3 heterocycles. The second-order valence-electron chi connectivity index (χ2n) is 8.05. The van der Waals surface area contributed by atoms with Crippen LogP contribution in [0.5, 0.6) is 0 Å². The number of nitrogens with zero attached hydrogens (tertiary/aromatic N) is 3. The molecule has 2 bridgehead atoms. The number of ketones is 1. The third kappa shape index (κ3) is 3.82. The fraction of sp³-hybridized carbons (Fsp3) is 0.476. The van der Waals surface area contributed by atoms with Crippen molar-refractivity contribution in [1.82, 2.24) is 14.8 Å². The molecule has 0 spiro atoms. The topological polar surface area (TPSA) is 47.8 Å². The first-order chi connectivity index (χ1) is 14.1. The fourth-order valence-electron chi connectivity index (χ4n) is 5.06. The Morgan fingerprint density at radius 1 is 1.31 bits per heavy atom. The Labute approximate surface area is 187 Å². The first-order valence-corrected chi connectivity index (χ1v) is 13.1. The van der Waals surface area contributed by atoms with Gasteiger partial charge in [0.15, 0.2) is 16.8 Å². The average molecular weight is 464 g/mol. The van der Waals surface area contributed by atoms with Crippen LogP contribution in [0.25, 0.3) is 10.7 Å². The van der Waals surface area contributed by atoms with E-state index in [4.69, 9.17) is 11.6 Å². The standard InChI is InChI=1S/C21H22ClN3OS3/c1-12(15-10-13-4-5-14(15)9-13)25-20(18-3-2-8-27-18)23-24-21(25)28-11-16(26)17-6-7-19(22)29-17/h2-3,6-8,12-15H,4-5,9-11H2,1H3/t12-,13-,14-,15-/m0/s1. The van der Waals surface area contributed by atoms with E-state index in [1.807, 2.05) is 0 Å². The molecule has 4 nitrogen and oxygen atoms in total. The zero-order chi connectivity index (χ0) is 20.0. The lowest BCUT2D eigenvalue weighted by Crippen LogP contribution is -2.23. The van der Waals surface area contributed by atoms with Gasteiger partial charge in [-0.3, -0.25) is 9.36 Å². The summed E-state index contributed by atoms with van der Waals surface area (Å²) in [7, 11) is 0. The van der Waals surface area contributed by atoms with Gasteiger partial charge < -0.3 is 0 Å². The fourth-order valence-corrected chi connectivity index (χ4v) is 7.74. The summed E-state index contributed by atoms with van der Waals surface area (Å²) in [4.78, 5) is 14.4. The summed E-state index contributed by atoms with van der Waals surface area (Å²) in [6.45, 7) is 2.32. The first-order valence-electron chi connectivity index (χ1n) is 10.00. The van der Waals surface area contributed by atoms with Crippen LogP contribution >= 0.6 is 46.0 Å². The highest BCUT2D eigenvalue weighted by molar-refractivity contribution is 7.99. The molecule has 0 radical (unpaired) electrons. The van der Waals surface area contributed by atoms with Crippen LogP contribution < -0.4 is 0 Å². The molecule has 8 heteroatoms. The Hall–Kier alpha value is -1.15. The van der Waals surface area contributed by atoms with Crippen molar-refractivity contribution in [1.29, 1.82) is 0 Å². The van der Waals surface area contributed by atoms with Crippen LogP contribution in [-0.2, 0) is 0 Å². The monoisotopic (exact) mass is 463 g/mol. The maximum absolute atomic E-state index is 12.6. The average Bonchev–Trinajstić information content (AvgIpc) is 3.53. The van der Waals surface area contributed by atoms with Crippen molar-refractivity contribution in [3.8, 4) is 10.7 Å². The number of rotatable bonds is 7. The van der Waals surface area contributed by atoms with Gasteiger partial charge in [0.05, 0.1) is 19.8 Å². The minimum Gasteiger partial charge on any atom is -0.298 e. The summed E-state index contributed by atoms with van der Waals surface area (Å²) in [5.74, 6) is 3.77. The maximum Gasteiger partial charge on any atom is 0.192 e. The second kappa shape index (κ2) is 8.17. The molecule has 3 aromatic heterocycles. The molecular weight excluding hydrogens is 442 g/mol. The summed E-state index contributed by atoms with van der Waals surface area (Å²) >= 11 is 10.5. The number of carbonyl (C=O) groups is 1. The number of Topliss-reactive ketones (excluding diaryl/α,β-unsaturated/α-hetero) is 1. The highest BCUT2D eigenvalue weighted by Crippen LogP contribution is 2.53. The molecule has 0 aliphatic heterocycles. The molecule has 0 N–H and O–H groups in total. The Morgan fingerprint density at radius 2 is 2.21 bits per heavy atom. The molecule has 152 valence electrons. The normalized spacial score (nSPS) is 24.3. The number of hydrogen-bond donors (Lipinski definition) is 0. The predicted molar refractivity (Wildman–Crippen MR) is 121 cm³/mol. The number of hydrogen-bond acceptors (Lipinski definition) is 6. The molecule has 4 atom stereocenters. The van der Waals surface area contributed by atoms with E-state index in [1.165, 1.54) is 48.8 Å². The molecule has 3 aromatic rings. The van der Waals surface area contributed by atoms with Crippen LogP contribution in [0.3, 0.4) is 0 Å². The van der Waals surface area contributed by atoms with E-state index < -0.39 is 0 Å². The van der Waals surface area contributed by atoms with E-state index in [2.05, 4.69) is 39.2 Å². The number of thiophene rings is 2. The van der Waals surface area contributed by atoms with Crippen LogP contribution in [-0.4, -0.2) is 26.3 Å². The Balaban J connectivity index is 1.41. The molecule has 0 amide bonds. The largest absolute Gasteiger partial charge is 0.298 e. The maximum atomic E-state index is 12.6. The van der Waals surface area contributed by atoms with Crippen LogP contribution in [0.15, 0.2) is 34.8 Å². The highest BCUT2D eigenvalue weighted by Gasteiger charge is 2.43. The van der Waals surface area contributed by atoms with Gasteiger partial charge in [0.2, 0.25) is 0 Å². The lowest BCUT2D eigenvalue weighted by Gasteiger charge is -2.30. The number of thioether (sulfide) groups is 1. The smallest absolute Gasteiger partial charge is 0.192 e. The lowest BCUT2D eigenvalue weighted by molar-refractivity contribution is 0.102.